The molecule has 1 saturated heterocycles. The molecule has 6 heteroatoms. The van der Waals surface area contributed by atoms with Crippen molar-refractivity contribution in [3.63, 3.8) is 0 Å². The number of thiophene rings is 1. The maximum Gasteiger partial charge on any atom is 0.248 e. The molecule has 23 heavy (non-hydrogen) atoms. The van der Waals surface area contributed by atoms with Gasteiger partial charge in [-0.25, -0.2) is 0 Å². The summed E-state index contributed by atoms with van der Waals surface area (Å²) in [6.45, 7) is 0.701. The molecule has 2 amide bonds. The third kappa shape index (κ3) is 3.81. The summed E-state index contributed by atoms with van der Waals surface area (Å²) in [4.78, 5) is 26.6. The lowest BCUT2D eigenvalue weighted by atomic mass is 10.2. The Morgan fingerprint density at radius 1 is 1.35 bits per heavy atom. The molecule has 0 radical (unpaired) electrons. The zero-order valence-electron chi connectivity index (χ0n) is 12.3. The minimum absolute atomic E-state index is 0.0993. The quantitative estimate of drug-likeness (QED) is 0.844. The zero-order chi connectivity index (χ0) is 16.2. The topological polar surface area (TPSA) is 49.4 Å². The number of carbonyl (C=O) groups is 2. The van der Waals surface area contributed by atoms with Crippen molar-refractivity contribution >= 4 is 52.2 Å². The van der Waals surface area contributed by atoms with Gasteiger partial charge in [0, 0.05) is 29.6 Å². The number of nitrogens with zero attached hydrogens (tertiary/aromatic N) is 1. The summed E-state index contributed by atoms with van der Waals surface area (Å²) < 4.78 is 0. The fourth-order valence-electron chi connectivity index (χ4n) is 2.42. The number of hydrogen-bond donors (Lipinski definition) is 1. The summed E-state index contributed by atoms with van der Waals surface area (Å²) in [6, 6.07) is 9.09. The highest BCUT2D eigenvalue weighted by Gasteiger charge is 2.22. The number of rotatable bonds is 4. The molecular weight excluding hydrogens is 332 g/mol. The average Bonchev–Trinajstić information content (AvgIpc) is 3.19. The Morgan fingerprint density at radius 2 is 2.22 bits per heavy atom. The van der Waals surface area contributed by atoms with Crippen molar-refractivity contribution in [2.75, 3.05) is 16.8 Å². The van der Waals surface area contributed by atoms with Crippen molar-refractivity contribution in [2.24, 2.45) is 0 Å². The lowest BCUT2D eigenvalue weighted by Gasteiger charge is -2.17. The van der Waals surface area contributed by atoms with Gasteiger partial charge in [-0.15, -0.1) is 11.3 Å². The summed E-state index contributed by atoms with van der Waals surface area (Å²) in [5.41, 5.74) is 1.26. The Morgan fingerprint density at radius 3 is 2.91 bits per heavy atom. The second kappa shape index (κ2) is 6.98. The maximum absolute atomic E-state index is 12.0. The predicted molar refractivity (Wildman–Crippen MR) is 95.0 cm³/mol. The van der Waals surface area contributed by atoms with E-state index >= 15 is 0 Å². The van der Waals surface area contributed by atoms with E-state index in [9.17, 15) is 9.59 Å². The van der Waals surface area contributed by atoms with E-state index in [1.54, 1.807) is 40.5 Å². The highest BCUT2D eigenvalue weighted by atomic mass is 35.5. The van der Waals surface area contributed by atoms with Gasteiger partial charge in [0.2, 0.25) is 11.8 Å². The zero-order valence-corrected chi connectivity index (χ0v) is 13.9. The van der Waals surface area contributed by atoms with Gasteiger partial charge < -0.3 is 10.2 Å². The SMILES string of the molecule is O=C(C=Cc1cccs1)Nc1cc(N2CCCC2=O)ccc1Cl. The lowest BCUT2D eigenvalue weighted by molar-refractivity contribution is -0.117. The lowest BCUT2D eigenvalue weighted by Crippen LogP contribution is -2.23. The highest BCUT2D eigenvalue weighted by Crippen LogP contribution is 2.30. The molecule has 0 atom stereocenters. The minimum atomic E-state index is -0.259. The highest BCUT2D eigenvalue weighted by molar-refractivity contribution is 7.10. The largest absolute Gasteiger partial charge is 0.321 e. The van der Waals surface area contributed by atoms with Crippen LogP contribution in [0.5, 0.6) is 0 Å². The first-order valence-electron chi connectivity index (χ1n) is 7.26. The van der Waals surface area contributed by atoms with Gasteiger partial charge in [-0.1, -0.05) is 17.7 Å². The smallest absolute Gasteiger partial charge is 0.248 e. The number of hydrogen-bond acceptors (Lipinski definition) is 3. The standard InChI is InChI=1S/C17H15ClN2O2S/c18-14-7-5-12(20-9-1-4-17(20)22)11-15(14)19-16(21)8-6-13-3-2-10-23-13/h2-3,5-8,10-11H,1,4,9H2,(H,19,21). The van der Waals surface area contributed by atoms with Crippen molar-refractivity contribution in [1.29, 1.82) is 0 Å². The molecular formula is C17H15ClN2O2S. The second-order valence-corrected chi connectivity index (χ2v) is 6.54. The van der Waals surface area contributed by atoms with E-state index < -0.39 is 0 Å². The first-order valence-corrected chi connectivity index (χ1v) is 8.52. The van der Waals surface area contributed by atoms with E-state index in [4.69, 9.17) is 11.6 Å². The molecule has 1 fully saturated rings. The molecule has 118 valence electrons. The molecule has 0 unspecified atom stereocenters. The monoisotopic (exact) mass is 346 g/mol. The molecule has 4 nitrogen and oxygen atoms in total. The van der Waals surface area contributed by atoms with E-state index in [0.717, 1.165) is 17.0 Å². The molecule has 1 N–H and O–H groups in total. The van der Waals surface area contributed by atoms with Crippen LogP contribution >= 0.6 is 22.9 Å². The third-order valence-corrected chi connectivity index (χ3v) is 4.70. The minimum Gasteiger partial charge on any atom is -0.321 e. The Kier molecular flexibility index (Phi) is 4.79. The second-order valence-electron chi connectivity index (χ2n) is 5.15. The number of halogens is 1. The molecule has 1 aliphatic rings. The van der Waals surface area contributed by atoms with Crippen LogP contribution in [0.3, 0.4) is 0 Å². The van der Waals surface area contributed by atoms with Gasteiger partial charge in [-0.3, -0.25) is 9.59 Å². The van der Waals surface area contributed by atoms with Crippen LogP contribution in [0.15, 0.2) is 41.8 Å². The van der Waals surface area contributed by atoms with Crippen molar-refractivity contribution < 1.29 is 9.59 Å². The van der Waals surface area contributed by atoms with Gasteiger partial charge in [0.1, 0.15) is 0 Å². The predicted octanol–water partition coefficient (Wildman–Crippen LogP) is 4.18. The van der Waals surface area contributed by atoms with Crippen LogP contribution in [-0.4, -0.2) is 18.4 Å². The molecule has 3 rings (SSSR count). The van der Waals surface area contributed by atoms with E-state index in [1.807, 2.05) is 17.5 Å². The number of amides is 2. The van der Waals surface area contributed by atoms with E-state index in [1.165, 1.54) is 6.08 Å². The van der Waals surface area contributed by atoms with Gasteiger partial charge in [0.05, 0.1) is 10.7 Å². The molecule has 2 aromatic rings. The van der Waals surface area contributed by atoms with E-state index in [2.05, 4.69) is 5.32 Å². The van der Waals surface area contributed by atoms with Crippen LogP contribution in [-0.2, 0) is 9.59 Å². The van der Waals surface area contributed by atoms with Crippen molar-refractivity contribution in [3.05, 3.63) is 51.7 Å². The molecule has 1 aliphatic heterocycles. The fraction of sp³-hybridized carbons (Fsp3) is 0.176. The van der Waals surface area contributed by atoms with Gasteiger partial charge in [-0.05, 0) is 42.1 Å². The van der Waals surface area contributed by atoms with Crippen molar-refractivity contribution in [2.45, 2.75) is 12.8 Å². The van der Waals surface area contributed by atoms with E-state index in [-0.39, 0.29) is 11.8 Å². The number of benzene rings is 1. The Bertz CT molecular complexity index is 756. The van der Waals surface area contributed by atoms with Crippen molar-refractivity contribution in [1.82, 2.24) is 0 Å². The summed E-state index contributed by atoms with van der Waals surface area (Å²) in [5, 5.41) is 5.15. The molecule has 2 heterocycles. The summed E-state index contributed by atoms with van der Waals surface area (Å²) in [7, 11) is 0. The molecule has 0 saturated carbocycles. The third-order valence-electron chi connectivity index (χ3n) is 3.54. The van der Waals surface area contributed by atoms with Crippen LogP contribution in [0.2, 0.25) is 5.02 Å². The van der Waals surface area contributed by atoms with Gasteiger partial charge in [-0.2, -0.15) is 0 Å². The van der Waals surface area contributed by atoms with Crippen LogP contribution in [0.25, 0.3) is 6.08 Å². The van der Waals surface area contributed by atoms with Crippen LogP contribution in [0.4, 0.5) is 11.4 Å². The van der Waals surface area contributed by atoms with Gasteiger partial charge in [0.25, 0.3) is 0 Å². The van der Waals surface area contributed by atoms with Gasteiger partial charge >= 0.3 is 0 Å². The number of anilines is 2. The molecule has 0 aliphatic carbocycles. The number of nitrogens with one attached hydrogen (secondary N) is 1. The summed E-state index contributed by atoms with van der Waals surface area (Å²) in [5.74, 6) is -0.160. The van der Waals surface area contributed by atoms with Crippen LogP contribution in [0.1, 0.15) is 17.7 Å². The first-order chi connectivity index (χ1) is 11.1. The van der Waals surface area contributed by atoms with Crippen LogP contribution in [0, 0.1) is 0 Å². The number of carbonyl (C=O) groups excluding carboxylic acids is 2. The first kappa shape index (κ1) is 15.8. The van der Waals surface area contributed by atoms with Crippen molar-refractivity contribution in [3.8, 4) is 0 Å². The molecule has 1 aromatic heterocycles. The Labute approximate surface area is 143 Å². The Hall–Kier alpha value is -2.11. The van der Waals surface area contributed by atoms with E-state index in [0.29, 0.717) is 23.7 Å². The fourth-order valence-corrected chi connectivity index (χ4v) is 3.20. The Balaban J connectivity index is 1.74. The molecule has 1 aromatic carbocycles. The van der Waals surface area contributed by atoms with Crippen LogP contribution < -0.4 is 10.2 Å². The summed E-state index contributed by atoms with van der Waals surface area (Å²) in [6.07, 6.45) is 4.64. The molecule has 0 bridgehead atoms. The maximum atomic E-state index is 12.0. The normalized spacial score (nSPS) is 14.7. The average molecular weight is 347 g/mol. The molecule has 0 spiro atoms. The summed E-state index contributed by atoms with van der Waals surface area (Å²) >= 11 is 7.70. The van der Waals surface area contributed by atoms with Gasteiger partial charge in [0.15, 0.2) is 0 Å².